The maximum Gasteiger partial charge on any atom is 0.251 e. The Morgan fingerprint density at radius 1 is 1.08 bits per heavy atom. The molecular formula is C20H25N3O3. The summed E-state index contributed by atoms with van der Waals surface area (Å²) >= 11 is 0. The van der Waals surface area contributed by atoms with Gasteiger partial charge in [0.2, 0.25) is 5.91 Å². The summed E-state index contributed by atoms with van der Waals surface area (Å²) in [4.78, 5) is 32.3. The molecule has 26 heavy (non-hydrogen) atoms. The Morgan fingerprint density at radius 2 is 1.88 bits per heavy atom. The molecule has 0 spiro atoms. The van der Waals surface area contributed by atoms with Crippen LogP contribution in [0, 0.1) is 0 Å². The topological polar surface area (TPSA) is 65.6 Å². The minimum Gasteiger partial charge on any atom is -0.368 e. The number of nitrogens with zero attached hydrogens (tertiary/aromatic N) is 2. The van der Waals surface area contributed by atoms with Crippen molar-refractivity contribution in [1.29, 1.82) is 0 Å². The summed E-state index contributed by atoms with van der Waals surface area (Å²) < 4.78 is 5.52. The van der Waals surface area contributed by atoms with Crippen LogP contribution in [0.15, 0.2) is 30.5 Å². The largest absolute Gasteiger partial charge is 0.368 e. The molecule has 2 fully saturated rings. The van der Waals surface area contributed by atoms with E-state index in [-0.39, 0.29) is 17.9 Å². The van der Waals surface area contributed by atoms with Gasteiger partial charge in [0.1, 0.15) is 6.10 Å². The lowest BCUT2D eigenvalue weighted by atomic mass is 10.1. The van der Waals surface area contributed by atoms with E-state index in [4.69, 9.17) is 4.74 Å². The maximum absolute atomic E-state index is 12.8. The molecule has 1 aromatic heterocycles. The Hall–Kier alpha value is -2.34. The number of hydrogen-bond acceptors (Lipinski definition) is 3. The third-order valence-corrected chi connectivity index (χ3v) is 5.38. The number of nitrogens with one attached hydrogen (secondary N) is 1. The molecule has 6 heteroatoms. The van der Waals surface area contributed by atoms with Gasteiger partial charge in [-0.2, -0.15) is 0 Å². The van der Waals surface area contributed by atoms with Gasteiger partial charge in [0.25, 0.3) is 5.91 Å². The predicted octanol–water partition coefficient (Wildman–Crippen LogP) is 1.95. The molecule has 1 N–H and O–H groups in total. The average Bonchev–Trinajstić information content (AvgIpc) is 3.26. The Balaban J connectivity index is 1.37. The van der Waals surface area contributed by atoms with Gasteiger partial charge in [-0.25, -0.2) is 0 Å². The van der Waals surface area contributed by atoms with Crippen molar-refractivity contribution in [3.05, 3.63) is 36.0 Å². The van der Waals surface area contributed by atoms with Crippen LogP contribution in [0.4, 0.5) is 0 Å². The second-order valence-electron chi connectivity index (χ2n) is 7.10. The third kappa shape index (κ3) is 3.46. The Labute approximate surface area is 153 Å². The highest BCUT2D eigenvalue weighted by Gasteiger charge is 2.30. The molecule has 2 saturated heterocycles. The van der Waals surface area contributed by atoms with Crippen molar-refractivity contribution in [3.63, 3.8) is 0 Å². The minimum absolute atomic E-state index is 0.0911. The normalized spacial score (nSPS) is 21.2. The standard InChI is InChI=1S/C20H25N3O3/c24-19(13-15-14-21-17-6-2-1-5-16(15)17)22-8-4-9-23(11-10-22)20(25)18-7-3-12-26-18/h1-2,5-6,14,18,21H,3-4,7-13H2. The molecule has 0 bridgehead atoms. The lowest BCUT2D eigenvalue weighted by molar-refractivity contribution is -0.141. The molecule has 1 aromatic carbocycles. The molecule has 2 aromatic rings. The van der Waals surface area contributed by atoms with E-state index >= 15 is 0 Å². The number of carbonyl (C=O) groups is 2. The molecule has 0 aliphatic carbocycles. The number of aromatic amines is 1. The van der Waals surface area contributed by atoms with Gasteiger partial charge >= 0.3 is 0 Å². The first-order chi connectivity index (χ1) is 12.7. The number of para-hydroxylation sites is 1. The van der Waals surface area contributed by atoms with Crippen LogP contribution in [0.3, 0.4) is 0 Å². The number of fused-ring (bicyclic) bond motifs is 1. The van der Waals surface area contributed by atoms with E-state index in [0.717, 1.165) is 35.7 Å². The smallest absolute Gasteiger partial charge is 0.251 e. The first-order valence-electron chi connectivity index (χ1n) is 9.45. The lowest BCUT2D eigenvalue weighted by Gasteiger charge is -2.24. The Morgan fingerprint density at radius 3 is 2.73 bits per heavy atom. The molecule has 6 nitrogen and oxygen atoms in total. The van der Waals surface area contributed by atoms with Gasteiger partial charge < -0.3 is 19.5 Å². The van der Waals surface area contributed by atoms with Crippen LogP contribution in [0.1, 0.15) is 24.8 Å². The van der Waals surface area contributed by atoms with Crippen molar-refractivity contribution < 1.29 is 14.3 Å². The summed E-state index contributed by atoms with van der Waals surface area (Å²) in [6, 6.07) is 8.03. The summed E-state index contributed by atoms with van der Waals surface area (Å²) in [5.74, 6) is 0.217. The van der Waals surface area contributed by atoms with Crippen molar-refractivity contribution in [2.75, 3.05) is 32.8 Å². The molecule has 0 radical (unpaired) electrons. The average molecular weight is 355 g/mol. The van der Waals surface area contributed by atoms with Crippen molar-refractivity contribution in [1.82, 2.24) is 14.8 Å². The maximum atomic E-state index is 12.8. The van der Waals surface area contributed by atoms with E-state index in [1.807, 2.05) is 40.3 Å². The van der Waals surface area contributed by atoms with Crippen LogP contribution in [-0.2, 0) is 20.7 Å². The molecule has 138 valence electrons. The van der Waals surface area contributed by atoms with Gasteiger partial charge in [-0.15, -0.1) is 0 Å². The molecule has 2 aliphatic rings. The lowest BCUT2D eigenvalue weighted by Crippen LogP contribution is -2.42. The second-order valence-corrected chi connectivity index (χ2v) is 7.10. The molecule has 4 rings (SSSR count). The van der Waals surface area contributed by atoms with Gasteiger partial charge in [0.05, 0.1) is 6.42 Å². The summed E-state index contributed by atoms with van der Waals surface area (Å²) in [5, 5.41) is 1.10. The number of hydrogen-bond donors (Lipinski definition) is 1. The highest BCUT2D eigenvalue weighted by molar-refractivity contribution is 5.89. The monoisotopic (exact) mass is 355 g/mol. The summed E-state index contributed by atoms with van der Waals surface area (Å²) in [6.07, 6.45) is 4.64. The van der Waals surface area contributed by atoms with E-state index < -0.39 is 0 Å². The number of rotatable bonds is 3. The number of amides is 2. The number of aromatic nitrogens is 1. The van der Waals surface area contributed by atoms with Crippen molar-refractivity contribution in [2.24, 2.45) is 0 Å². The van der Waals surface area contributed by atoms with Gasteiger partial charge in [0, 0.05) is 49.9 Å². The fraction of sp³-hybridized carbons (Fsp3) is 0.500. The summed E-state index contributed by atoms with van der Waals surface area (Å²) in [5.41, 5.74) is 2.08. The summed E-state index contributed by atoms with van der Waals surface area (Å²) in [7, 11) is 0. The van der Waals surface area contributed by atoms with Crippen LogP contribution in [0.25, 0.3) is 10.9 Å². The molecule has 3 heterocycles. The number of H-pyrrole nitrogens is 1. The van der Waals surface area contributed by atoms with E-state index in [1.165, 1.54) is 0 Å². The zero-order chi connectivity index (χ0) is 17.9. The van der Waals surface area contributed by atoms with E-state index in [0.29, 0.717) is 39.2 Å². The van der Waals surface area contributed by atoms with Gasteiger partial charge in [0.15, 0.2) is 0 Å². The van der Waals surface area contributed by atoms with Crippen molar-refractivity contribution >= 4 is 22.7 Å². The van der Waals surface area contributed by atoms with E-state index in [1.54, 1.807) is 0 Å². The van der Waals surface area contributed by atoms with Crippen LogP contribution in [-0.4, -0.2) is 65.5 Å². The molecule has 1 unspecified atom stereocenters. The second kappa shape index (κ2) is 7.50. The quantitative estimate of drug-likeness (QED) is 0.915. The zero-order valence-electron chi connectivity index (χ0n) is 14.9. The SMILES string of the molecule is O=C(Cc1c[nH]c2ccccc12)N1CCCN(C(=O)C2CCCO2)CC1. The summed E-state index contributed by atoms with van der Waals surface area (Å²) in [6.45, 7) is 3.28. The van der Waals surface area contributed by atoms with E-state index in [2.05, 4.69) is 4.98 Å². The molecule has 2 amide bonds. The van der Waals surface area contributed by atoms with Gasteiger partial charge in [-0.05, 0) is 30.9 Å². The highest BCUT2D eigenvalue weighted by atomic mass is 16.5. The first kappa shape index (κ1) is 17.1. The molecular weight excluding hydrogens is 330 g/mol. The van der Waals surface area contributed by atoms with E-state index in [9.17, 15) is 9.59 Å². The Kier molecular flexibility index (Phi) is 4.93. The zero-order valence-corrected chi connectivity index (χ0v) is 14.9. The first-order valence-corrected chi connectivity index (χ1v) is 9.45. The van der Waals surface area contributed by atoms with Crippen LogP contribution in [0.5, 0.6) is 0 Å². The van der Waals surface area contributed by atoms with Crippen LogP contribution >= 0.6 is 0 Å². The van der Waals surface area contributed by atoms with Gasteiger partial charge in [-0.1, -0.05) is 18.2 Å². The Bertz CT molecular complexity index is 794. The van der Waals surface area contributed by atoms with Gasteiger partial charge in [-0.3, -0.25) is 9.59 Å². The number of benzene rings is 1. The minimum atomic E-state index is -0.275. The van der Waals surface area contributed by atoms with Crippen LogP contribution in [0.2, 0.25) is 0 Å². The molecule has 1 atom stereocenters. The van der Waals surface area contributed by atoms with Crippen molar-refractivity contribution in [3.8, 4) is 0 Å². The van der Waals surface area contributed by atoms with Crippen molar-refractivity contribution in [2.45, 2.75) is 31.8 Å². The molecule has 2 aliphatic heterocycles. The number of carbonyl (C=O) groups excluding carboxylic acids is 2. The molecule has 0 saturated carbocycles. The predicted molar refractivity (Wildman–Crippen MR) is 98.8 cm³/mol. The number of ether oxygens (including phenoxy) is 1. The fourth-order valence-electron chi connectivity index (χ4n) is 3.92. The fourth-order valence-corrected chi connectivity index (χ4v) is 3.92. The highest BCUT2D eigenvalue weighted by Crippen LogP contribution is 2.20. The van der Waals surface area contributed by atoms with Crippen LogP contribution < -0.4 is 0 Å². The third-order valence-electron chi connectivity index (χ3n) is 5.38.